The van der Waals surface area contributed by atoms with E-state index < -0.39 is 0 Å². The molecule has 1 amide bonds. The third kappa shape index (κ3) is 2.37. The largest absolute Gasteiger partial charge is 0.344 e. The Bertz CT molecular complexity index is 774. The Morgan fingerprint density at radius 2 is 2.24 bits per heavy atom. The van der Waals surface area contributed by atoms with Gasteiger partial charge in [0.1, 0.15) is 5.56 Å². The first kappa shape index (κ1) is 13.3. The quantitative estimate of drug-likeness (QED) is 0.786. The van der Waals surface area contributed by atoms with Crippen LogP contribution in [-0.4, -0.2) is 30.3 Å². The fraction of sp³-hybridized carbons (Fsp3) is 0.286. The molecule has 0 saturated heterocycles. The first-order valence-electron chi connectivity index (χ1n) is 6.81. The molecule has 21 heavy (non-hydrogen) atoms. The summed E-state index contributed by atoms with van der Waals surface area (Å²) in [5.74, 6) is -0.194. The third-order valence-corrected chi connectivity index (χ3v) is 3.36. The predicted octanol–water partition coefficient (Wildman–Crippen LogP) is 1.44. The van der Waals surface area contributed by atoms with Gasteiger partial charge in [0.25, 0.3) is 5.91 Å². The van der Waals surface area contributed by atoms with Crippen molar-refractivity contribution in [3.63, 3.8) is 0 Å². The molecule has 0 radical (unpaired) electrons. The summed E-state index contributed by atoms with van der Waals surface area (Å²) >= 11 is 0. The molecule has 0 aliphatic carbocycles. The van der Waals surface area contributed by atoms with Crippen LogP contribution in [0.4, 0.5) is 0 Å². The Labute approximate surface area is 121 Å². The molecule has 0 aliphatic rings. The lowest BCUT2D eigenvalue weighted by Gasteiger charge is -2.14. The second-order valence-corrected chi connectivity index (χ2v) is 4.71. The molecule has 0 fully saturated rings. The molecule has 0 bridgehead atoms. The zero-order valence-corrected chi connectivity index (χ0v) is 11.9. The molecule has 1 unspecified atom stereocenters. The molecule has 108 valence electrons. The molecule has 0 aromatic carbocycles. The number of amides is 1. The maximum absolute atomic E-state index is 12.4. The lowest BCUT2D eigenvalue weighted by Crippen LogP contribution is -2.28. The Morgan fingerprint density at radius 3 is 3.05 bits per heavy atom. The molecule has 0 spiro atoms. The number of aryl methyl sites for hydroxylation is 1. The van der Waals surface area contributed by atoms with Crippen molar-refractivity contribution in [2.24, 2.45) is 0 Å². The van der Waals surface area contributed by atoms with E-state index in [0.717, 1.165) is 12.2 Å². The summed E-state index contributed by atoms with van der Waals surface area (Å²) in [6.07, 6.45) is 6.66. The molecule has 3 heterocycles. The summed E-state index contributed by atoms with van der Waals surface area (Å²) in [7, 11) is 0. The number of carbonyl (C=O) groups excluding carboxylic acids is 1. The number of nitrogens with zero attached hydrogens (tertiary/aromatic N) is 5. The highest BCUT2D eigenvalue weighted by atomic mass is 16.1. The number of hydrogen-bond donors (Lipinski definition) is 1. The zero-order chi connectivity index (χ0) is 14.8. The number of carbonyl (C=O) groups is 1. The molecule has 0 saturated carbocycles. The van der Waals surface area contributed by atoms with Gasteiger partial charge in [-0.1, -0.05) is 0 Å². The lowest BCUT2D eigenvalue weighted by atomic mass is 10.2. The summed E-state index contributed by atoms with van der Waals surface area (Å²) in [5, 5.41) is 11.3. The minimum absolute atomic E-state index is 0.140. The molecular formula is C14H16N6O. The summed E-state index contributed by atoms with van der Waals surface area (Å²) in [5.41, 5.74) is 1.98. The van der Waals surface area contributed by atoms with Gasteiger partial charge < -0.3 is 5.32 Å². The number of aromatic nitrogens is 5. The first-order chi connectivity index (χ1) is 10.2. The Hall–Kier alpha value is -2.70. The van der Waals surface area contributed by atoms with Crippen LogP contribution >= 0.6 is 0 Å². The second kappa shape index (κ2) is 5.35. The van der Waals surface area contributed by atoms with Gasteiger partial charge in [0.2, 0.25) is 0 Å². The highest BCUT2D eigenvalue weighted by Gasteiger charge is 2.18. The van der Waals surface area contributed by atoms with Gasteiger partial charge in [-0.15, -0.1) is 0 Å². The molecule has 1 N–H and O–H groups in total. The maximum atomic E-state index is 12.4. The van der Waals surface area contributed by atoms with Crippen molar-refractivity contribution in [2.45, 2.75) is 26.4 Å². The summed E-state index contributed by atoms with van der Waals surface area (Å²) in [6.45, 7) is 4.71. The standard InChI is InChI=1S/C14H16N6O/c1-3-19-12(5-7-16-19)10(2)18-14(21)11-9-17-20-8-4-6-15-13(11)20/h4-10H,3H2,1-2H3,(H,18,21). The molecule has 3 aromatic heterocycles. The second-order valence-electron chi connectivity index (χ2n) is 4.71. The van der Waals surface area contributed by atoms with E-state index in [1.165, 1.54) is 6.20 Å². The van der Waals surface area contributed by atoms with Gasteiger partial charge in [-0.3, -0.25) is 9.48 Å². The SMILES string of the molecule is CCn1nccc1C(C)NC(=O)c1cnn2cccnc12. The minimum Gasteiger partial charge on any atom is -0.344 e. The topological polar surface area (TPSA) is 77.1 Å². The van der Waals surface area contributed by atoms with Crippen LogP contribution in [0.5, 0.6) is 0 Å². The number of fused-ring (bicyclic) bond motifs is 1. The van der Waals surface area contributed by atoms with Crippen LogP contribution in [0, 0.1) is 0 Å². The zero-order valence-electron chi connectivity index (χ0n) is 11.9. The number of rotatable bonds is 4. The van der Waals surface area contributed by atoms with Crippen molar-refractivity contribution < 1.29 is 4.79 Å². The average molecular weight is 284 g/mol. The monoisotopic (exact) mass is 284 g/mol. The van der Waals surface area contributed by atoms with E-state index in [1.54, 1.807) is 29.2 Å². The van der Waals surface area contributed by atoms with E-state index in [2.05, 4.69) is 20.5 Å². The Kier molecular flexibility index (Phi) is 3.39. The van der Waals surface area contributed by atoms with E-state index in [0.29, 0.717) is 11.2 Å². The predicted molar refractivity (Wildman–Crippen MR) is 76.8 cm³/mol. The van der Waals surface area contributed by atoms with Crippen LogP contribution in [0.2, 0.25) is 0 Å². The van der Waals surface area contributed by atoms with Crippen molar-refractivity contribution in [2.75, 3.05) is 0 Å². The van der Waals surface area contributed by atoms with Gasteiger partial charge in [-0.05, 0) is 26.0 Å². The maximum Gasteiger partial charge on any atom is 0.257 e. The summed E-state index contributed by atoms with van der Waals surface area (Å²) in [4.78, 5) is 16.6. The molecule has 0 aliphatic heterocycles. The van der Waals surface area contributed by atoms with E-state index >= 15 is 0 Å². The van der Waals surface area contributed by atoms with Crippen molar-refractivity contribution >= 4 is 11.6 Å². The van der Waals surface area contributed by atoms with Gasteiger partial charge in [-0.25, -0.2) is 9.50 Å². The lowest BCUT2D eigenvalue weighted by molar-refractivity contribution is 0.0939. The summed E-state index contributed by atoms with van der Waals surface area (Å²) < 4.78 is 3.44. The molecule has 1 atom stereocenters. The van der Waals surface area contributed by atoms with Crippen LogP contribution < -0.4 is 5.32 Å². The molecular weight excluding hydrogens is 268 g/mol. The molecule has 3 aromatic rings. The van der Waals surface area contributed by atoms with Gasteiger partial charge >= 0.3 is 0 Å². The van der Waals surface area contributed by atoms with Gasteiger partial charge in [-0.2, -0.15) is 10.2 Å². The molecule has 7 nitrogen and oxygen atoms in total. The smallest absolute Gasteiger partial charge is 0.257 e. The minimum atomic E-state index is -0.194. The van der Waals surface area contributed by atoms with Gasteiger partial charge in [0, 0.05) is 25.1 Å². The summed E-state index contributed by atoms with van der Waals surface area (Å²) in [6, 6.07) is 3.53. The third-order valence-electron chi connectivity index (χ3n) is 3.36. The van der Waals surface area contributed by atoms with Crippen molar-refractivity contribution in [1.82, 2.24) is 29.7 Å². The van der Waals surface area contributed by atoms with Crippen LogP contribution in [0.1, 0.15) is 35.9 Å². The first-order valence-corrected chi connectivity index (χ1v) is 6.81. The number of hydrogen-bond acceptors (Lipinski definition) is 4. The fourth-order valence-corrected chi connectivity index (χ4v) is 2.31. The Balaban J connectivity index is 1.83. The highest BCUT2D eigenvalue weighted by molar-refractivity contribution is 5.99. The van der Waals surface area contributed by atoms with Crippen molar-refractivity contribution in [3.05, 3.63) is 48.2 Å². The van der Waals surface area contributed by atoms with Crippen molar-refractivity contribution in [1.29, 1.82) is 0 Å². The molecule has 7 heteroatoms. The van der Waals surface area contributed by atoms with E-state index in [9.17, 15) is 4.79 Å². The number of nitrogens with one attached hydrogen (secondary N) is 1. The average Bonchev–Trinajstić information content (AvgIpc) is 3.13. The van der Waals surface area contributed by atoms with E-state index in [1.807, 2.05) is 24.6 Å². The van der Waals surface area contributed by atoms with Gasteiger partial charge in [0.05, 0.1) is 17.9 Å². The highest BCUT2D eigenvalue weighted by Crippen LogP contribution is 2.14. The molecule has 3 rings (SSSR count). The van der Waals surface area contributed by atoms with Crippen molar-refractivity contribution in [3.8, 4) is 0 Å². The van der Waals surface area contributed by atoms with Crippen LogP contribution in [-0.2, 0) is 6.54 Å². The van der Waals surface area contributed by atoms with E-state index in [4.69, 9.17) is 0 Å². The van der Waals surface area contributed by atoms with Crippen LogP contribution in [0.15, 0.2) is 36.9 Å². The normalized spacial score (nSPS) is 12.5. The van der Waals surface area contributed by atoms with E-state index in [-0.39, 0.29) is 11.9 Å². The van der Waals surface area contributed by atoms with Crippen LogP contribution in [0.3, 0.4) is 0 Å². The fourth-order valence-electron chi connectivity index (χ4n) is 2.31. The van der Waals surface area contributed by atoms with Crippen LogP contribution in [0.25, 0.3) is 5.65 Å². The Morgan fingerprint density at radius 1 is 1.38 bits per heavy atom. The van der Waals surface area contributed by atoms with Gasteiger partial charge in [0.15, 0.2) is 5.65 Å².